The molecule has 2 amide bonds. The molecule has 0 atom stereocenters. The summed E-state index contributed by atoms with van der Waals surface area (Å²) in [5.41, 5.74) is 5.47. The molecule has 3 aromatic rings. The van der Waals surface area contributed by atoms with Crippen LogP contribution in [0, 0.1) is 19.8 Å². The second-order valence-electron chi connectivity index (χ2n) is 12.0. The number of carbonyl (C=O) groups is 2. The molecule has 0 saturated carbocycles. The molecule has 41 heavy (non-hydrogen) atoms. The number of nitrogens with one attached hydrogen (secondary N) is 1. The lowest BCUT2D eigenvalue weighted by molar-refractivity contribution is -0.115. The van der Waals surface area contributed by atoms with Crippen molar-refractivity contribution in [2.75, 3.05) is 11.6 Å². The van der Waals surface area contributed by atoms with E-state index < -0.39 is 21.5 Å². The first-order chi connectivity index (χ1) is 19.0. The van der Waals surface area contributed by atoms with Crippen LogP contribution in [0.4, 0.5) is 10.5 Å². The molecular weight excluding hydrogens is 538 g/mol. The summed E-state index contributed by atoms with van der Waals surface area (Å²) in [6.45, 7) is 13.7. The Morgan fingerprint density at radius 1 is 1.02 bits per heavy atom. The maximum atomic E-state index is 13.4. The molecule has 3 rings (SSSR count). The zero-order chi connectivity index (χ0) is 30.7. The minimum Gasteiger partial charge on any atom is -0.465 e. The molecule has 8 nitrogen and oxygen atoms in total. The average Bonchev–Trinajstić information content (AvgIpc) is 2.83. The van der Waals surface area contributed by atoms with E-state index in [-0.39, 0.29) is 29.7 Å². The molecule has 0 fully saturated rings. The van der Waals surface area contributed by atoms with E-state index in [4.69, 9.17) is 4.98 Å². The van der Waals surface area contributed by atoms with Gasteiger partial charge in [0.05, 0.1) is 17.9 Å². The van der Waals surface area contributed by atoms with Crippen LogP contribution < -0.4 is 5.32 Å². The molecule has 0 bridgehead atoms. The van der Waals surface area contributed by atoms with E-state index in [2.05, 4.69) is 19.2 Å². The molecule has 2 aromatic carbocycles. The van der Waals surface area contributed by atoms with Gasteiger partial charge in [-0.2, -0.15) is 0 Å². The number of aromatic nitrogens is 1. The van der Waals surface area contributed by atoms with Crippen LogP contribution in [0.2, 0.25) is 0 Å². The first kappa shape index (κ1) is 31.8. The number of amides is 2. The highest BCUT2D eigenvalue weighted by Crippen LogP contribution is 2.35. The molecule has 0 radical (unpaired) electrons. The normalized spacial score (nSPS) is 11.9. The third kappa shape index (κ3) is 8.16. The summed E-state index contributed by atoms with van der Waals surface area (Å²) in [6.07, 6.45) is 0.711. The fraction of sp³-hybridized carbons (Fsp3) is 0.406. The first-order valence-electron chi connectivity index (χ1n) is 13.7. The Balaban J connectivity index is 2.20. The number of carboxylic acid groups (broad SMARTS) is 1. The van der Waals surface area contributed by atoms with E-state index in [1.54, 1.807) is 12.1 Å². The molecule has 0 saturated heterocycles. The van der Waals surface area contributed by atoms with E-state index in [9.17, 15) is 23.1 Å². The largest absolute Gasteiger partial charge is 0.465 e. The third-order valence-corrected chi connectivity index (χ3v) is 7.98. The zero-order valence-electron chi connectivity index (χ0n) is 25.2. The number of benzene rings is 2. The minimum absolute atomic E-state index is 0.0251. The summed E-state index contributed by atoms with van der Waals surface area (Å²) in [4.78, 5) is 32.3. The SMILES string of the molecule is Cc1ccc(-c2c(CC(=O)Nc3cccc(S(C)(=O)=O)c3)c(C)nc(CC(C)C)c2CN(C(=O)O)C(C)(C)C)cc1. The average molecular weight is 580 g/mol. The molecule has 0 unspecified atom stereocenters. The van der Waals surface area contributed by atoms with Gasteiger partial charge in [-0.05, 0) is 81.8 Å². The number of anilines is 1. The molecule has 2 N–H and O–H groups in total. The third-order valence-electron chi connectivity index (χ3n) is 6.87. The second-order valence-corrected chi connectivity index (χ2v) is 14.0. The van der Waals surface area contributed by atoms with E-state index in [0.29, 0.717) is 23.4 Å². The van der Waals surface area contributed by atoms with Gasteiger partial charge in [-0.3, -0.25) is 14.7 Å². The Labute approximate surface area is 243 Å². The van der Waals surface area contributed by atoms with E-state index in [1.807, 2.05) is 58.9 Å². The van der Waals surface area contributed by atoms with Gasteiger partial charge >= 0.3 is 6.09 Å². The van der Waals surface area contributed by atoms with Crippen molar-refractivity contribution in [3.8, 4) is 11.1 Å². The molecule has 9 heteroatoms. The second kappa shape index (κ2) is 12.4. The monoisotopic (exact) mass is 579 g/mol. The number of sulfone groups is 1. The summed E-state index contributed by atoms with van der Waals surface area (Å²) >= 11 is 0. The smallest absolute Gasteiger partial charge is 0.408 e. The minimum atomic E-state index is -3.44. The lowest BCUT2D eigenvalue weighted by Crippen LogP contribution is -2.44. The number of nitrogens with zero attached hydrogens (tertiary/aromatic N) is 2. The van der Waals surface area contributed by atoms with Crippen molar-refractivity contribution in [3.63, 3.8) is 0 Å². The summed E-state index contributed by atoms with van der Waals surface area (Å²) in [7, 11) is -3.44. The van der Waals surface area contributed by atoms with Crippen LogP contribution in [-0.4, -0.2) is 47.2 Å². The summed E-state index contributed by atoms with van der Waals surface area (Å²) in [6, 6.07) is 14.1. The molecule has 0 aliphatic carbocycles. The standard InChI is InChI=1S/C32H41N3O5S/c1-20(2)16-28-27(19-35(31(37)38)32(5,6)7)30(23-14-12-21(3)13-15-23)26(22(4)33-28)18-29(36)34-24-10-9-11-25(17-24)41(8,39)40/h9-15,17,20H,16,18-19H2,1-8H3,(H,34,36)(H,37,38). The first-order valence-corrected chi connectivity index (χ1v) is 15.5. The number of hydrogen-bond donors (Lipinski definition) is 2. The van der Waals surface area contributed by atoms with Crippen LogP contribution in [-0.2, 0) is 34.0 Å². The van der Waals surface area contributed by atoms with Gasteiger partial charge < -0.3 is 10.4 Å². The number of carbonyl (C=O) groups excluding carboxylic acids is 1. The fourth-order valence-electron chi connectivity index (χ4n) is 4.78. The van der Waals surface area contributed by atoms with Crippen LogP contribution in [0.15, 0.2) is 53.4 Å². The molecule has 0 aliphatic rings. The predicted molar refractivity (Wildman–Crippen MR) is 163 cm³/mol. The molecule has 1 aromatic heterocycles. The number of rotatable bonds is 9. The van der Waals surface area contributed by atoms with Gasteiger partial charge in [-0.1, -0.05) is 49.7 Å². The van der Waals surface area contributed by atoms with E-state index in [0.717, 1.165) is 34.2 Å². The number of pyridine rings is 1. The van der Waals surface area contributed by atoms with Crippen molar-refractivity contribution in [1.29, 1.82) is 0 Å². The van der Waals surface area contributed by atoms with Crippen molar-refractivity contribution in [2.45, 2.75) is 78.3 Å². The molecule has 1 heterocycles. The lowest BCUT2D eigenvalue weighted by atomic mass is 9.87. The molecule has 0 aliphatic heterocycles. The fourth-order valence-corrected chi connectivity index (χ4v) is 5.44. The van der Waals surface area contributed by atoms with Gasteiger partial charge in [0.2, 0.25) is 5.91 Å². The van der Waals surface area contributed by atoms with Gasteiger partial charge in [0.25, 0.3) is 0 Å². The Morgan fingerprint density at radius 2 is 1.66 bits per heavy atom. The van der Waals surface area contributed by atoms with Gasteiger partial charge in [-0.25, -0.2) is 13.2 Å². The van der Waals surface area contributed by atoms with Crippen LogP contribution in [0.5, 0.6) is 0 Å². The van der Waals surface area contributed by atoms with Crippen molar-refractivity contribution in [2.24, 2.45) is 5.92 Å². The van der Waals surface area contributed by atoms with Gasteiger partial charge in [0.1, 0.15) is 0 Å². The quantitative estimate of drug-likeness (QED) is 0.302. The van der Waals surface area contributed by atoms with Crippen LogP contribution >= 0.6 is 0 Å². The van der Waals surface area contributed by atoms with Crippen molar-refractivity contribution in [3.05, 3.63) is 76.6 Å². The highest BCUT2D eigenvalue weighted by Gasteiger charge is 2.30. The van der Waals surface area contributed by atoms with E-state index >= 15 is 0 Å². The molecular formula is C32H41N3O5S. The predicted octanol–water partition coefficient (Wildman–Crippen LogP) is 6.43. The number of hydrogen-bond acceptors (Lipinski definition) is 5. The Morgan fingerprint density at radius 3 is 2.20 bits per heavy atom. The van der Waals surface area contributed by atoms with Gasteiger partial charge in [0.15, 0.2) is 9.84 Å². The Hall–Kier alpha value is -3.72. The summed E-state index contributed by atoms with van der Waals surface area (Å²) in [5, 5.41) is 13.0. The maximum Gasteiger partial charge on any atom is 0.408 e. The van der Waals surface area contributed by atoms with Crippen LogP contribution in [0.3, 0.4) is 0 Å². The zero-order valence-corrected chi connectivity index (χ0v) is 26.0. The topological polar surface area (TPSA) is 117 Å². The van der Waals surface area contributed by atoms with Crippen LogP contribution in [0.1, 0.15) is 62.7 Å². The van der Waals surface area contributed by atoms with Crippen molar-refractivity contribution < 1.29 is 23.1 Å². The van der Waals surface area contributed by atoms with Crippen molar-refractivity contribution in [1.82, 2.24) is 9.88 Å². The lowest BCUT2D eigenvalue weighted by Gasteiger charge is -2.35. The summed E-state index contributed by atoms with van der Waals surface area (Å²) in [5.74, 6) is -0.0573. The van der Waals surface area contributed by atoms with Crippen molar-refractivity contribution >= 4 is 27.5 Å². The Bertz CT molecular complexity index is 1540. The summed E-state index contributed by atoms with van der Waals surface area (Å²) < 4.78 is 24.0. The highest BCUT2D eigenvalue weighted by molar-refractivity contribution is 7.90. The highest BCUT2D eigenvalue weighted by atomic mass is 32.2. The van der Waals surface area contributed by atoms with Gasteiger partial charge in [0, 0.05) is 34.4 Å². The van der Waals surface area contributed by atoms with Gasteiger partial charge in [-0.15, -0.1) is 0 Å². The molecule has 220 valence electrons. The maximum absolute atomic E-state index is 13.4. The molecule has 0 spiro atoms. The number of aryl methyl sites for hydroxylation is 2. The Kier molecular flexibility index (Phi) is 9.64. The van der Waals surface area contributed by atoms with E-state index in [1.165, 1.54) is 17.0 Å². The van der Waals surface area contributed by atoms with Crippen LogP contribution in [0.25, 0.3) is 11.1 Å².